The molecule has 6 nitrogen and oxygen atoms in total. The number of nitrogens with zero attached hydrogens (tertiary/aromatic N) is 4. The van der Waals surface area contributed by atoms with Crippen molar-refractivity contribution in [2.24, 2.45) is 24.8 Å². The highest BCUT2D eigenvalue weighted by Gasteiger charge is 2.43. The molecule has 2 bridgehead atoms. The van der Waals surface area contributed by atoms with Gasteiger partial charge in [0.05, 0.1) is 23.3 Å². The smallest absolute Gasteiger partial charge is 0.200 e. The van der Waals surface area contributed by atoms with Gasteiger partial charge >= 0.3 is 0 Å². The summed E-state index contributed by atoms with van der Waals surface area (Å²) in [5.74, 6) is 4.07. The van der Waals surface area contributed by atoms with Crippen molar-refractivity contribution in [1.29, 1.82) is 0 Å². The summed E-state index contributed by atoms with van der Waals surface area (Å²) in [6, 6.07) is 22.4. The van der Waals surface area contributed by atoms with Gasteiger partial charge in [0.1, 0.15) is 0 Å². The molecule has 7 heteroatoms. The first-order valence-electron chi connectivity index (χ1n) is 13.9. The number of hydrogen-bond donors (Lipinski definition) is 0. The molecule has 0 radical (unpaired) electrons. The average Bonchev–Trinajstić information content (AvgIpc) is 3.80. The van der Waals surface area contributed by atoms with E-state index in [1.54, 1.807) is 6.26 Å². The second kappa shape index (κ2) is 9.87. The van der Waals surface area contributed by atoms with Crippen molar-refractivity contribution in [1.82, 2.24) is 19.3 Å². The molecule has 3 aromatic heterocycles. The second-order valence-electron chi connectivity index (χ2n) is 11.1. The number of carbonyl (C=O) groups is 1. The monoisotopic (exact) mass is 536 g/mol. The lowest BCUT2D eigenvalue weighted by Gasteiger charge is -2.30. The van der Waals surface area contributed by atoms with E-state index in [-0.39, 0.29) is 17.6 Å². The Bertz CT molecular complexity index is 1640. The van der Waals surface area contributed by atoms with E-state index in [1.165, 1.54) is 37.4 Å². The van der Waals surface area contributed by atoms with Crippen LogP contribution in [0, 0.1) is 17.8 Å². The first kappa shape index (κ1) is 24.5. The fourth-order valence-corrected chi connectivity index (χ4v) is 8.10. The summed E-state index contributed by atoms with van der Waals surface area (Å²) in [5.41, 5.74) is 3.82. The normalized spacial score (nSPS) is 21.1. The zero-order valence-corrected chi connectivity index (χ0v) is 23.1. The van der Waals surface area contributed by atoms with E-state index in [0.29, 0.717) is 5.92 Å². The second-order valence-corrected chi connectivity index (χ2v) is 12.1. The number of benzene rings is 2. The van der Waals surface area contributed by atoms with Gasteiger partial charge in [0.25, 0.3) is 0 Å². The quantitative estimate of drug-likeness (QED) is 0.150. The van der Waals surface area contributed by atoms with Crippen LogP contribution >= 0.6 is 11.8 Å². The van der Waals surface area contributed by atoms with Gasteiger partial charge in [0.15, 0.2) is 16.7 Å². The first-order chi connectivity index (χ1) is 19.1. The van der Waals surface area contributed by atoms with Gasteiger partial charge in [0.2, 0.25) is 5.82 Å². The maximum absolute atomic E-state index is 14.0. The highest BCUT2D eigenvalue weighted by molar-refractivity contribution is 7.99. The molecule has 0 amide bonds. The number of hydrogen-bond acceptors (Lipinski definition) is 5. The van der Waals surface area contributed by atoms with Crippen molar-refractivity contribution in [2.75, 3.05) is 5.75 Å². The number of furan rings is 1. The largest absolute Gasteiger partial charge is 0.461 e. The van der Waals surface area contributed by atoms with Gasteiger partial charge in [0, 0.05) is 24.0 Å². The standard InChI is InChI=1S/C32H32N4O2S/c1-20(25-18-21-14-15-23(25)17-21)36-31(28-13-8-16-38-28)33-34-32(36)39-19-27(37)29-24-11-6-7-12-26(24)35(2)30(29)22-9-4-3-5-10-22/h3-13,16,20-21,23,25H,14-15,17-19H2,1-2H3/t20-,21-,23-,25-/m0/s1. The number of aromatic nitrogens is 4. The van der Waals surface area contributed by atoms with Crippen molar-refractivity contribution in [3.63, 3.8) is 0 Å². The molecule has 4 atom stereocenters. The van der Waals surface area contributed by atoms with Gasteiger partial charge < -0.3 is 8.98 Å². The number of Topliss-reactive ketones (excluding diaryl/α,β-unsaturated/α-hetero) is 1. The molecule has 3 heterocycles. The minimum absolute atomic E-state index is 0.0947. The fourth-order valence-electron chi connectivity index (χ4n) is 7.20. The summed E-state index contributed by atoms with van der Waals surface area (Å²) >= 11 is 1.49. The third-order valence-electron chi connectivity index (χ3n) is 8.99. The Morgan fingerprint density at radius 3 is 2.59 bits per heavy atom. The maximum atomic E-state index is 14.0. The van der Waals surface area contributed by atoms with Crippen LogP contribution < -0.4 is 0 Å². The van der Waals surface area contributed by atoms with E-state index in [2.05, 4.69) is 44.5 Å². The summed E-state index contributed by atoms with van der Waals surface area (Å²) in [6.45, 7) is 2.30. The third kappa shape index (κ3) is 4.15. The molecule has 7 rings (SSSR count). The van der Waals surface area contributed by atoms with Crippen molar-refractivity contribution >= 4 is 28.4 Å². The number of fused-ring (bicyclic) bond motifs is 3. The van der Waals surface area contributed by atoms with Crippen LogP contribution in [0.3, 0.4) is 0 Å². The lowest BCUT2D eigenvalue weighted by molar-refractivity contribution is 0.102. The third-order valence-corrected chi connectivity index (χ3v) is 9.93. The fraction of sp³-hybridized carbons (Fsp3) is 0.344. The van der Waals surface area contributed by atoms with E-state index in [4.69, 9.17) is 4.42 Å². The van der Waals surface area contributed by atoms with E-state index < -0.39 is 0 Å². The van der Waals surface area contributed by atoms with E-state index in [9.17, 15) is 4.79 Å². The molecule has 39 heavy (non-hydrogen) atoms. The molecule has 0 aliphatic heterocycles. The van der Waals surface area contributed by atoms with Crippen LogP contribution in [0.25, 0.3) is 33.7 Å². The van der Waals surface area contributed by atoms with E-state index in [1.807, 2.05) is 55.6 Å². The molecule has 5 aromatic rings. The Kier molecular flexibility index (Phi) is 6.19. The minimum atomic E-state index is 0.0947. The molecule has 0 unspecified atom stereocenters. The topological polar surface area (TPSA) is 65.8 Å². The Morgan fingerprint density at radius 1 is 1.03 bits per heavy atom. The molecule has 2 aliphatic carbocycles. The van der Waals surface area contributed by atoms with Gasteiger partial charge in [-0.2, -0.15) is 0 Å². The molecule has 0 saturated heterocycles. The van der Waals surface area contributed by atoms with Gasteiger partial charge in [-0.1, -0.05) is 66.7 Å². The molecular weight excluding hydrogens is 504 g/mol. The highest BCUT2D eigenvalue weighted by atomic mass is 32.2. The summed E-state index contributed by atoms with van der Waals surface area (Å²) in [4.78, 5) is 14.0. The maximum Gasteiger partial charge on any atom is 0.200 e. The average molecular weight is 537 g/mol. The highest BCUT2D eigenvalue weighted by Crippen LogP contribution is 2.53. The molecule has 0 spiro atoms. The van der Waals surface area contributed by atoms with Crippen LogP contribution in [0.4, 0.5) is 0 Å². The van der Waals surface area contributed by atoms with Crippen molar-refractivity contribution in [3.8, 4) is 22.8 Å². The molecular formula is C32H32N4O2S. The van der Waals surface area contributed by atoms with Crippen LogP contribution in [0.15, 0.2) is 82.6 Å². The number of carbonyl (C=O) groups excluding carboxylic acids is 1. The summed E-state index contributed by atoms with van der Waals surface area (Å²) in [5, 5.41) is 10.9. The molecule has 2 saturated carbocycles. The number of rotatable bonds is 8. The number of ketones is 1. The SMILES string of the molecule is C[C@@H]([C@@H]1C[C@H]2CC[C@H]1C2)n1c(SCC(=O)c2c(-c3ccccc3)n(C)c3ccccc23)nnc1-c1ccco1. The zero-order chi connectivity index (χ0) is 26.5. The lowest BCUT2D eigenvalue weighted by atomic mass is 9.84. The van der Waals surface area contributed by atoms with Crippen LogP contribution in [0.2, 0.25) is 0 Å². The Balaban J connectivity index is 1.24. The van der Waals surface area contributed by atoms with E-state index in [0.717, 1.165) is 56.3 Å². The number of aryl methyl sites for hydroxylation is 1. The minimum Gasteiger partial charge on any atom is -0.461 e. The van der Waals surface area contributed by atoms with Gasteiger partial charge in [-0.15, -0.1) is 10.2 Å². The van der Waals surface area contributed by atoms with Crippen LogP contribution in [-0.4, -0.2) is 30.9 Å². The number of thioether (sulfide) groups is 1. The molecule has 2 fully saturated rings. The van der Waals surface area contributed by atoms with Crippen LogP contribution in [-0.2, 0) is 7.05 Å². The number of para-hydroxylation sites is 1. The van der Waals surface area contributed by atoms with Crippen LogP contribution in [0.1, 0.15) is 49.0 Å². The Morgan fingerprint density at radius 2 is 1.85 bits per heavy atom. The van der Waals surface area contributed by atoms with Gasteiger partial charge in [-0.25, -0.2) is 0 Å². The molecule has 2 aliphatic rings. The predicted octanol–water partition coefficient (Wildman–Crippen LogP) is 7.67. The Hall–Kier alpha value is -3.58. The zero-order valence-electron chi connectivity index (χ0n) is 22.3. The Labute approximate surface area is 232 Å². The van der Waals surface area contributed by atoms with E-state index >= 15 is 0 Å². The summed E-state index contributed by atoms with van der Waals surface area (Å²) in [6.07, 6.45) is 6.98. The predicted molar refractivity (Wildman–Crippen MR) is 155 cm³/mol. The summed E-state index contributed by atoms with van der Waals surface area (Å²) in [7, 11) is 2.04. The lowest BCUT2D eigenvalue weighted by Crippen LogP contribution is -2.23. The first-order valence-corrected chi connectivity index (χ1v) is 14.9. The molecule has 0 N–H and O–H groups in total. The van der Waals surface area contributed by atoms with Crippen molar-refractivity contribution < 1.29 is 9.21 Å². The van der Waals surface area contributed by atoms with Crippen molar-refractivity contribution in [2.45, 2.75) is 43.8 Å². The molecule has 198 valence electrons. The van der Waals surface area contributed by atoms with Crippen molar-refractivity contribution in [3.05, 3.63) is 78.6 Å². The van der Waals surface area contributed by atoms with Gasteiger partial charge in [-0.3, -0.25) is 9.36 Å². The summed E-state index contributed by atoms with van der Waals surface area (Å²) < 4.78 is 10.1. The van der Waals surface area contributed by atoms with Crippen LogP contribution in [0.5, 0.6) is 0 Å². The molecule has 2 aromatic carbocycles. The van der Waals surface area contributed by atoms with Gasteiger partial charge in [-0.05, 0) is 67.7 Å².